The molecule has 0 aliphatic carbocycles. The summed E-state index contributed by atoms with van der Waals surface area (Å²) in [5.41, 5.74) is 0. The van der Waals surface area contributed by atoms with Crippen molar-refractivity contribution in [3.05, 3.63) is 109 Å². The van der Waals surface area contributed by atoms with Gasteiger partial charge in [0.25, 0.3) is 0 Å². The number of carbonyl (C=O) groups excluding carboxylic acids is 3. The lowest BCUT2D eigenvalue weighted by Crippen LogP contribution is -2.30. The van der Waals surface area contributed by atoms with Crippen LogP contribution in [-0.2, 0) is 55.8 Å². The predicted octanol–water partition coefficient (Wildman–Crippen LogP) is 22.0. The lowest BCUT2D eigenvalue weighted by Gasteiger charge is -2.21. The van der Waals surface area contributed by atoms with Gasteiger partial charge in [0, 0.05) is 19.3 Å². The summed E-state index contributed by atoms with van der Waals surface area (Å²) in [4.78, 5) is 58.5. The minimum atomic E-state index is -4.93. The Balaban J connectivity index is 4.50. The average Bonchev–Trinajstić information content (AvgIpc) is 1.48. The maximum absolute atomic E-state index is 12.9. The minimum absolute atomic E-state index is 0.102. The van der Waals surface area contributed by atoms with E-state index < -0.39 is 91.5 Å². The van der Waals surface area contributed by atoms with Crippen molar-refractivity contribution in [2.45, 2.75) is 334 Å². The average molecular weight is 1410 g/mol. The van der Waals surface area contributed by atoms with Crippen molar-refractivity contribution in [3.8, 4) is 0 Å². The van der Waals surface area contributed by atoms with Gasteiger partial charge in [0.15, 0.2) is 6.10 Å². The molecule has 4 N–H and O–H groups in total. The molecule has 18 heteroatoms. The number of ether oxygens (including phenoxy) is 3. The van der Waals surface area contributed by atoms with Gasteiger partial charge in [-0.1, -0.05) is 304 Å². The molecule has 0 rings (SSSR count). The number of phosphoric acid groups is 2. The number of esters is 3. The highest BCUT2D eigenvalue weighted by Crippen LogP contribution is 2.45. The largest absolute Gasteiger partial charge is 0.472 e. The molecule has 16 nitrogen and oxygen atoms in total. The molecule has 0 saturated carbocycles. The number of hydrogen-bond donors (Lipinski definition) is 4. The summed E-state index contributed by atoms with van der Waals surface area (Å²) in [6.07, 6.45) is 82.8. The normalized spacial score (nSPS) is 14.7. The first-order chi connectivity index (χ1) is 47.2. The van der Waals surface area contributed by atoms with Crippen molar-refractivity contribution >= 4 is 33.6 Å². The van der Waals surface area contributed by atoms with Gasteiger partial charge in [0.1, 0.15) is 25.4 Å². The fourth-order valence-corrected chi connectivity index (χ4v) is 11.8. The van der Waals surface area contributed by atoms with Gasteiger partial charge in [-0.2, -0.15) is 0 Å². The summed E-state index contributed by atoms with van der Waals surface area (Å²) >= 11 is 0. The Hall–Kier alpha value is -3.79. The summed E-state index contributed by atoms with van der Waals surface area (Å²) in [6, 6.07) is 0. The smallest absolute Gasteiger partial charge is 0.463 e. The highest BCUT2D eigenvalue weighted by molar-refractivity contribution is 7.47. The van der Waals surface area contributed by atoms with Crippen LogP contribution in [0.25, 0.3) is 0 Å². The predicted molar refractivity (Wildman–Crippen MR) is 399 cm³/mol. The summed E-state index contributed by atoms with van der Waals surface area (Å²) in [5, 5.41) is 20.6. The Morgan fingerprint density at radius 1 is 0.299 bits per heavy atom. The molecule has 0 aliphatic rings. The lowest BCUT2D eigenvalue weighted by atomic mass is 10.0. The third-order valence-electron chi connectivity index (χ3n) is 16.0. The SMILES string of the molecule is CC/C=C\C/C=C\C/C=C\C/C=C\C/C=C\CCCCCCCCCCCCCCCC(=O)OCC(O)COP(=O)(O)OCC(O)COP(=O)(O)OCC(COC(=O)CCCCCC/C=C\C/C=C\C/C=C\C/C=C\CC)OC(=O)CCCCCCCCCCCCCCCCC. The van der Waals surface area contributed by atoms with Crippen molar-refractivity contribution in [2.24, 2.45) is 0 Å². The molecule has 0 fully saturated rings. The molecule has 5 atom stereocenters. The Morgan fingerprint density at radius 2 is 0.546 bits per heavy atom. The second kappa shape index (κ2) is 72.0. The van der Waals surface area contributed by atoms with E-state index in [0.717, 1.165) is 135 Å². The molecule has 0 radical (unpaired) electrons. The van der Waals surface area contributed by atoms with E-state index in [9.17, 15) is 43.5 Å². The van der Waals surface area contributed by atoms with E-state index in [2.05, 4.69) is 130 Å². The highest BCUT2D eigenvalue weighted by atomic mass is 31.2. The maximum Gasteiger partial charge on any atom is 0.472 e. The minimum Gasteiger partial charge on any atom is -0.463 e. The number of allylic oxidation sites excluding steroid dienone is 18. The number of aliphatic hydroxyl groups is 2. The molecule has 97 heavy (non-hydrogen) atoms. The summed E-state index contributed by atoms with van der Waals surface area (Å²) in [5.74, 6) is -1.59. The number of aliphatic hydroxyl groups excluding tert-OH is 2. The van der Waals surface area contributed by atoms with Crippen LogP contribution in [0.5, 0.6) is 0 Å². The highest BCUT2D eigenvalue weighted by Gasteiger charge is 2.29. The lowest BCUT2D eigenvalue weighted by molar-refractivity contribution is -0.161. The first-order valence-corrected chi connectivity index (χ1v) is 41.2. The molecule has 0 bridgehead atoms. The summed E-state index contributed by atoms with van der Waals surface area (Å²) in [7, 11) is -9.79. The maximum atomic E-state index is 12.9. The molecular formula is C79H138O16P2. The number of hydrogen-bond acceptors (Lipinski definition) is 14. The van der Waals surface area contributed by atoms with Gasteiger partial charge in [-0.15, -0.1) is 0 Å². The van der Waals surface area contributed by atoms with Crippen LogP contribution in [0.2, 0.25) is 0 Å². The van der Waals surface area contributed by atoms with Crippen LogP contribution in [0.15, 0.2) is 109 Å². The van der Waals surface area contributed by atoms with Gasteiger partial charge in [0.2, 0.25) is 0 Å². The number of unbranched alkanes of at least 4 members (excludes halogenated alkanes) is 31. The van der Waals surface area contributed by atoms with Crippen LogP contribution in [-0.4, -0.2) is 95.9 Å². The molecule has 0 aromatic heterocycles. The molecule has 0 aliphatic heterocycles. The summed E-state index contributed by atoms with van der Waals surface area (Å²) < 4.78 is 61.1. The molecule has 0 aromatic carbocycles. The zero-order valence-corrected chi connectivity index (χ0v) is 62.8. The first kappa shape index (κ1) is 93.2. The van der Waals surface area contributed by atoms with Crippen LogP contribution in [0.3, 0.4) is 0 Å². The summed E-state index contributed by atoms with van der Waals surface area (Å²) in [6.45, 7) is 2.45. The van der Waals surface area contributed by atoms with Gasteiger partial charge in [-0.05, 0) is 103 Å². The van der Waals surface area contributed by atoms with E-state index in [1.165, 1.54) is 122 Å². The Labute approximate surface area is 590 Å². The standard InChI is InChI=1S/C79H138O16P2/c1-4-7-10-13-16-19-22-25-28-30-31-32-33-34-35-36-37-38-39-40-41-43-46-47-50-53-56-59-62-65-77(82)89-68-74(80)69-91-96(85,86)92-70-75(81)71-93-97(87,88)94-73-76(95-79(84)67-64-61-58-55-52-49-44-27-24-21-18-15-12-9-6-3)72-90-78(83)66-63-60-57-54-51-48-45-42-29-26-23-20-17-14-11-8-5-2/h7-8,10-11,16-17,19-20,25-26,28-29,31-32,34-35,45,48,74-76,80-81H,4-6,9,12-15,18,21-24,27,30,33,36-44,46-47,49-73H2,1-3H3,(H,85,86)(H,87,88)/b10-7-,11-8-,19-16-,20-17-,28-25-,29-26-,32-31-,35-34-,48-45-. The second-order valence-corrected chi connectivity index (χ2v) is 28.3. The Morgan fingerprint density at radius 3 is 0.866 bits per heavy atom. The molecule has 0 heterocycles. The molecule has 0 saturated heterocycles. The molecule has 0 aromatic rings. The Kier molecular flexibility index (Phi) is 69.2. The third kappa shape index (κ3) is 73.3. The topological polar surface area (TPSA) is 231 Å². The van der Waals surface area contributed by atoms with E-state index in [1.807, 2.05) is 0 Å². The Bertz CT molecular complexity index is 2200. The van der Waals surface area contributed by atoms with E-state index in [4.69, 9.17) is 32.3 Å². The quantitative estimate of drug-likeness (QED) is 0.0146. The van der Waals surface area contributed by atoms with Gasteiger partial charge < -0.3 is 34.2 Å². The van der Waals surface area contributed by atoms with Crippen molar-refractivity contribution in [1.82, 2.24) is 0 Å². The number of rotatable bonds is 72. The van der Waals surface area contributed by atoms with Crippen molar-refractivity contribution in [3.63, 3.8) is 0 Å². The van der Waals surface area contributed by atoms with Crippen LogP contribution in [0.1, 0.15) is 316 Å². The van der Waals surface area contributed by atoms with E-state index in [-0.39, 0.29) is 19.3 Å². The van der Waals surface area contributed by atoms with Crippen molar-refractivity contribution in [2.75, 3.05) is 39.6 Å². The van der Waals surface area contributed by atoms with Gasteiger partial charge in [-0.25, -0.2) is 9.13 Å². The second-order valence-electron chi connectivity index (χ2n) is 25.4. The van der Waals surface area contributed by atoms with Gasteiger partial charge >= 0.3 is 33.6 Å². The fourth-order valence-electron chi connectivity index (χ4n) is 10.2. The number of carbonyl (C=O) groups is 3. The molecule has 560 valence electrons. The zero-order chi connectivity index (χ0) is 70.9. The monoisotopic (exact) mass is 1400 g/mol. The van der Waals surface area contributed by atoms with Crippen LogP contribution in [0.4, 0.5) is 0 Å². The third-order valence-corrected chi connectivity index (χ3v) is 17.9. The van der Waals surface area contributed by atoms with Crippen molar-refractivity contribution in [1.29, 1.82) is 0 Å². The first-order valence-electron chi connectivity index (χ1n) is 38.2. The van der Waals surface area contributed by atoms with Gasteiger partial charge in [-0.3, -0.25) is 32.5 Å². The molecule has 0 spiro atoms. The van der Waals surface area contributed by atoms with Crippen molar-refractivity contribution < 1.29 is 75.8 Å². The van der Waals surface area contributed by atoms with E-state index in [0.29, 0.717) is 19.3 Å². The van der Waals surface area contributed by atoms with Crippen LogP contribution in [0, 0.1) is 0 Å². The van der Waals surface area contributed by atoms with E-state index >= 15 is 0 Å². The van der Waals surface area contributed by atoms with Gasteiger partial charge in [0.05, 0.1) is 26.4 Å². The molecular weight excluding hydrogens is 1270 g/mol. The van der Waals surface area contributed by atoms with Crippen LogP contribution < -0.4 is 0 Å². The molecule has 5 unspecified atom stereocenters. The fraction of sp³-hybridized carbons (Fsp3) is 0.734. The molecule has 0 amide bonds. The van der Waals surface area contributed by atoms with E-state index in [1.54, 1.807) is 0 Å². The van der Waals surface area contributed by atoms with Crippen LogP contribution >= 0.6 is 15.6 Å². The number of phosphoric ester groups is 2. The zero-order valence-electron chi connectivity index (χ0n) is 61.0.